The van der Waals surface area contributed by atoms with Gasteiger partial charge in [0.15, 0.2) is 0 Å². The molecule has 1 N–H and O–H groups in total. The summed E-state index contributed by atoms with van der Waals surface area (Å²) < 4.78 is 7.57. The Hall–Kier alpha value is -2.55. The number of thiazole rings is 1. The van der Waals surface area contributed by atoms with Crippen molar-refractivity contribution < 1.29 is 9.53 Å². The largest absolute Gasteiger partial charge is 0.373 e. The lowest BCUT2D eigenvalue weighted by Gasteiger charge is -2.35. The van der Waals surface area contributed by atoms with Crippen molar-refractivity contribution in [2.75, 3.05) is 26.2 Å². The van der Waals surface area contributed by atoms with Crippen LogP contribution in [0.4, 0.5) is 0 Å². The Labute approximate surface area is 180 Å². The van der Waals surface area contributed by atoms with Crippen LogP contribution in [0.5, 0.6) is 0 Å². The van der Waals surface area contributed by atoms with Gasteiger partial charge >= 0.3 is 0 Å². The minimum atomic E-state index is -0.128. The third kappa shape index (κ3) is 5.13. The molecule has 1 aliphatic heterocycles. The number of nitrogens with one attached hydrogen (secondary N) is 1. The van der Waals surface area contributed by atoms with Gasteiger partial charge in [0.2, 0.25) is 0 Å². The summed E-state index contributed by atoms with van der Waals surface area (Å²) in [6.45, 7) is 7.70. The molecule has 0 bridgehead atoms. The Kier molecular flexibility index (Phi) is 6.56. The maximum Gasteiger partial charge on any atom is 0.270 e. The predicted molar refractivity (Wildman–Crippen MR) is 118 cm³/mol. The van der Waals surface area contributed by atoms with Crippen LogP contribution in [-0.2, 0) is 4.74 Å². The second-order valence-electron chi connectivity index (χ2n) is 7.67. The molecule has 1 amide bonds. The van der Waals surface area contributed by atoms with E-state index in [2.05, 4.69) is 34.1 Å². The first kappa shape index (κ1) is 20.7. The van der Waals surface area contributed by atoms with Crippen LogP contribution in [0.2, 0.25) is 0 Å². The standard InChI is InChI=1S/C22H27N5O2S/c1-16-12-26(13-17(2)29-16)10-6-9-23-21(28)20-15-30-22(25-20)18-11-24-27(14-18)19-7-4-3-5-8-19/h3-5,7-8,11,14-17H,6,9-10,12-13H2,1-2H3,(H,23,28)/t16-,17-/m1/s1. The van der Waals surface area contributed by atoms with Gasteiger partial charge < -0.3 is 10.1 Å². The number of benzene rings is 1. The van der Waals surface area contributed by atoms with E-state index in [0.29, 0.717) is 12.2 Å². The summed E-state index contributed by atoms with van der Waals surface area (Å²) in [7, 11) is 0. The van der Waals surface area contributed by atoms with E-state index in [0.717, 1.165) is 42.3 Å². The lowest BCUT2D eigenvalue weighted by Crippen LogP contribution is -2.46. The fraction of sp³-hybridized carbons (Fsp3) is 0.409. The molecule has 7 nitrogen and oxygen atoms in total. The molecule has 1 aromatic carbocycles. The molecule has 0 saturated carbocycles. The van der Waals surface area contributed by atoms with E-state index in [9.17, 15) is 4.79 Å². The van der Waals surface area contributed by atoms with Crippen molar-refractivity contribution in [1.82, 2.24) is 25.0 Å². The third-order valence-corrected chi connectivity index (χ3v) is 5.91. The van der Waals surface area contributed by atoms with E-state index >= 15 is 0 Å². The fourth-order valence-corrected chi connectivity index (χ4v) is 4.50. The summed E-state index contributed by atoms with van der Waals surface area (Å²) in [6.07, 6.45) is 5.15. The Balaban J connectivity index is 1.28. The SMILES string of the molecule is C[C@@H]1CN(CCCNC(=O)c2csc(-c3cnn(-c4ccccc4)c3)n2)C[C@@H](C)O1. The molecule has 8 heteroatoms. The van der Waals surface area contributed by atoms with Crippen LogP contribution in [0.3, 0.4) is 0 Å². The van der Waals surface area contributed by atoms with E-state index in [-0.39, 0.29) is 18.1 Å². The van der Waals surface area contributed by atoms with Crippen LogP contribution >= 0.6 is 11.3 Å². The predicted octanol–water partition coefficient (Wildman–Crippen LogP) is 3.22. The maximum absolute atomic E-state index is 12.4. The zero-order chi connectivity index (χ0) is 20.9. The lowest BCUT2D eigenvalue weighted by molar-refractivity contribution is -0.0679. The number of aromatic nitrogens is 3. The molecule has 0 aliphatic carbocycles. The molecule has 1 fully saturated rings. The van der Waals surface area contributed by atoms with Crippen molar-refractivity contribution in [3.8, 4) is 16.3 Å². The summed E-state index contributed by atoms with van der Waals surface area (Å²) in [5.74, 6) is -0.128. The average Bonchev–Trinajstić information content (AvgIpc) is 3.41. The molecule has 3 aromatic rings. The molecule has 2 atom stereocenters. The zero-order valence-electron chi connectivity index (χ0n) is 17.3. The number of carbonyl (C=O) groups excluding carboxylic acids is 1. The van der Waals surface area contributed by atoms with Crippen molar-refractivity contribution in [2.24, 2.45) is 0 Å². The first-order chi connectivity index (χ1) is 14.6. The smallest absolute Gasteiger partial charge is 0.270 e. The van der Waals surface area contributed by atoms with Gasteiger partial charge in [0.05, 0.1) is 24.1 Å². The number of amides is 1. The van der Waals surface area contributed by atoms with Gasteiger partial charge in [-0.25, -0.2) is 9.67 Å². The first-order valence-corrected chi connectivity index (χ1v) is 11.2. The highest BCUT2D eigenvalue weighted by molar-refractivity contribution is 7.13. The molecular weight excluding hydrogens is 398 g/mol. The summed E-state index contributed by atoms with van der Waals surface area (Å²) in [5, 5.41) is 9.98. The van der Waals surface area contributed by atoms with E-state index in [1.165, 1.54) is 11.3 Å². The van der Waals surface area contributed by atoms with Gasteiger partial charge in [0.25, 0.3) is 5.91 Å². The Morgan fingerprint density at radius 3 is 2.77 bits per heavy atom. The first-order valence-electron chi connectivity index (χ1n) is 10.3. The van der Waals surface area contributed by atoms with E-state index < -0.39 is 0 Å². The van der Waals surface area contributed by atoms with E-state index in [1.807, 2.05) is 41.2 Å². The van der Waals surface area contributed by atoms with Crippen LogP contribution in [0.1, 0.15) is 30.8 Å². The van der Waals surface area contributed by atoms with Gasteiger partial charge in [-0.3, -0.25) is 9.69 Å². The van der Waals surface area contributed by atoms with Crippen LogP contribution in [0.25, 0.3) is 16.3 Å². The number of hydrogen-bond donors (Lipinski definition) is 1. The summed E-state index contributed by atoms with van der Waals surface area (Å²) in [5.41, 5.74) is 2.34. The highest BCUT2D eigenvalue weighted by Crippen LogP contribution is 2.24. The number of hydrogen-bond acceptors (Lipinski definition) is 6. The van der Waals surface area contributed by atoms with Gasteiger partial charge in [0, 0.05) is 43.3 Å². The topological polar surface area (TPSA) is 72.3 Å². The summed E-state index contributed by atoms with van der Waals surface area (Å²) >= 11 is 1.45. The molecule has 0 radical (unpaired) electrons. The van der Waals surface area contributed by atoms with Crippen LogP contribution < -0.4 is 5.32 Å². The van der Waals surface area contributed by atoms with Crippen molar-refractivity contribution >= 4 is 17.2 Å². The third-order valence-electron chi connectivity index (χ3n) is 5.02. The number of rotatable bonds is 7. The minimum absolute atomic E-state index is 0.128. The molecule has 0 spiro atoms. The summed E-state index contributed by atoms with van der Waals surface area (Å²) in [6, 6.07) is 9.92. The number of nitrogens with zero attached hydrogens (tertiary/aromatic N) is 4. The Bertz CT molecular complexity index is 961. The van der Waals surface area contributed by atoms with Gasteiger partial charge in [-0.2, -0.15) is 5.10 Å². The van der Waals surface area contributed by atoms with Crippen LogP contribution in [0.15, 0.2) is 48.1 Å². The minimum Gasteiger partial charge on any atom is -0.373 e. The Morgan fingerprint density at radius 1 is 1.23 bits per heavy atom. The van der Waals surface area contributed by atoms with Gasteiger partial charge in [-0.05, 0) is 32.4 Å². The van der Waals surface area contributed by atoms with Gasteiger partial charge in [0.1, 0.15) is 10.7 Å². The quantitative estimate of drug-likeness (QED) is 0.589. The summed E-state index contributed by atoms with van der Waals surface area (Å²) in [4.78, 5) is 19.4. The molecule has 0 unspecified atom stereocenters. The van der Waals surface area contributed by atoms with Crippen LogP contribution in [0, 0.1) is 0 Å². The highest BCUT2D eigenvalue weighted by atomic mass is 32.1. The average molecular weight is 426 g/mol. The molecule has 1 saturated heterocycles. The fourth-order valence-electron chi connectivity index (χ4n) is 3.73. The van der Waals surface area contributed by atoms with Crippen LogP contribution in [-0.4, -0.2) is 64.0 Å². The van der Waals surface area contributed by atoms with Gasteiger partial charge in [-0.1, -0.05) is 18.2 Å². The second kappa shape index (κ2) is 9.51. The van der Waals surface area contributed by atoms with E-state index in [1.54, 1.807) is 11.6 Å². The van der Waals surface area contributed by atoms with E-state index in [4.69, 9.17) is 4.74 Å². The number of morpholine rings is 1. The van der Waals surface area contributed by atoms with Crippen molar-refractivity contribution in [2.45, 2.75) is 32.5 Å². The lowest BCUT2D eigenvalue weighted by atomic mass is 10.2. The molecule has 2 aromatic heterocycles. The maximum atomic E-state index is 12.4. The molecule has 1 aliphatic rings. The molecule has 30 heavy (non-hydrogen) atoms. The van der Waals surface area contributed by atoms with Crippen molar-refractivity contribution in [1.29, 1.82) is 0 Å². The highest BCUT2D eigenvalue weighted by Gasteiger charge is 2.21. The monoisotopic (exact) mass is 425 g/mol. The molecule has 158 valence electrons. The Morgan fingerprint density at radius 2 is 2.00 bits per heavy atom. The number of carbonyl (C=O) groups is 1. The number of ether oxygens (including phenoxy) is 1. The zero-order valence-corrected chi connectivity index (χ0v) is 18.1. The molecule has 3 heterocycles. The van der Waals surface area contributed by atoms with Crippen molar-refractivity contribution in [3.05, 3.63) is 53.8 Å². The normalized spacial score (nSPS) is 19.7. The van der Waals surface area contributed by atoms with Gasteiger partial charge in [-0.15, -0.1) is 11.3 Å². The second-order valence-corrected chi connectivity index (χ2v) is 8.53. The number of para-hydroxylation sites is 1. The molecule has 4 rings (SSSR count). The molecular formula is C22H27N5O2S. The van der Waals surface area contributed by atoms with Crippen molar-refractivity contribution in [3.63, 3.8) is 0 Å².